The number of hydrogen-bond donors (Lipinski definition) is 2. The average molecular weight is 212 g/mol. The summed E-state index contributed by atoms with van der Waals surface area (Å²) in [5.41, 5.74) is 0. The molecule has 0 fully saturated rings. The smallest absolute Gasteiger partial charge is 0.356 e. The fourth-order valence-electron chi connectivity index (χ4n) is 0.675. The number of carbonyl (C=O) groups is 2. The van der Waals surface area contributed by atoms with Crippen LogP contribution in [0.25, 0.3) is 0 Å². The molecule has 0 radical (unpaired) electrons. The molecule has 0 aliphatic carbocycles. The molecule has 0 aliphatic rings. The van der Waals surface area contributed by atoms with E-state index in [-0.39, 0.29) is 13.0 Å². The van der Waals surface area contributed by atoms with Crippen LogP contribution in [0, 0.1) is 0 Å². The Morgan fingerprint density at radius 3 is 2.21 bits per heavy atom. The van der Waals surface area contributed by atoms with Gasteiger partial charge in [-0.1, -0.05) is 0 Å². The van der Waals surface area contributed by atoms with Gasteiger partial charge in [0.25, 0.3) is 0 Å². The number of rotatable bonds is 4. The lowest BCUT2D eigenvalue weighted by atomic mass is 10.4. The second-order valence-electron chi connectivity index (χ2n) is 2.46. The molecule has 0 unspecified atom stereocenters. The van der Waals surface area contributed by atoms with Gasteiger partial charge in [0.05, 0.1) is 0 Å². The van der Waals surface area contributed by atoms with Crippen LogP contribution in [0.4, 0.5) is 13.2 Å². The Hall–Kier alpha value is -1.27. The molecule has 0 aromatic rings. The maximum absolute atomic E-state index is 11.6. The summed E-state index contributed by atoms with van der Waals surface area (Å²) < 4.78 is 34.8. The van der Waals surface area contributed by atoms with E-state index < -0.39 is 18.0 Å². The quantitative estimate of drug-likeness (QED) is 0.699. The largest absolute Gasteiger partial charge is 0.471 e. The molecule has 4 nitrogen and oxygen atoms in total. The van der Waals surface area contributed by atoms with Crippen LogP contribution in [0.1, 0.15) is 13.3 Å². The zero-order valence-electron chi connectivity index (χ0n) is 7.57. The predicted molar refractivity (Wildman–Crippen MR) is 42.4 cm³/mol. The van der Waals surface area contributed by atoms with Crippen LogP contribution >= 0.6 is 0 Å². The molecular formula is C7H11F3N2O2. The molecular weight excluding hydrogens is 201 g/mol. The Morgan fingerprint density at radius 1 is 1.21 bits per heavy atom. The van der Waals surface area contributed by atoms with Gasteiger partial charge in [-0.3, -0.25) is 9.59 Å². The van der Waals surface area contributed by atoms with Crippen molar-refractivity contribution in [1.29, 1.82) is 0 Å². The maximum Gasteiger partial charge on any atom is 0.471 e. The number of halogens is 3. The number of carbonyl (C=O) groups excluding carboxylic acids is 2. The van der Waals surface area contributed by atoms with Gasteiger partial charge in [0, 0.05) is 19.5 Å². The minimum atomic E-state index is -4.89. The molecule has 0 atom stereocenters. The highest BCUT2D eigenvalue weighted by atomic mass is 19.4. The third-order valence-electron chi connectivity index (χ3n) is 1.27. The predicted octanol–water partition coefficient (Wildman–Crippen LogP) is 0.191. The van der Waals surface area contributed by atoms with Crippen molar-refractivity contribution in [3.63, 3.8) is 0 Å². The summed E-state index contributed by atoms with van der Waals surface area (Å²) in [7, 11) is 0. The van der Waals surface area contributed by atoms with E-state index in [2.05, 4.69) is 5.32 Å². The van der Waals surface area contributed by atoms with Crippen LogP contribution < -0.4 is 10.6 Å². The summed E-state index contributed by atoms with van der Waals surface area (Å²) >= 11 is 0. The van der Waals surface area contributed by atoms with Crippen LogP contribution in [0.15, 0.2) is 0 Å². The topological polar surface area (TPSA) is 58.2 Å². The van der Waals surface area contributed by atoms with Crippen LogP contribution in [-0.2, 0) is 9.59 Å². The second kappa shape index (κ2) is 5.46. The average Bonchev–Trinajstić information content (AvgIpc) is 2.02. The lowest BCUT2D eigenvalue weighted by molar-refractivity contribution is -0.173. The van der Waals surface area contributed by atoms with Gasteiger partial charge >= 0.3 is 12.1 Å². The molecule has 7 heteroatoms. The van der Waals surface area contributed by atoms with Crippen molar-refractivity contribution >= 4 is 11.8 Å². The monoisotopic (exact) mass is 212 g/mol. The molecule has 0 bridgehead atoms. The van der Waals surface area contributed by atoms with E-state index in [4.69, 9.17) is 0 Å². The number of nitrogens with one attached hydrogen (secondary N) is 2. The van der Waals surface area contributed by atoms with Crippen LogP contribution in [0.2, 0.25) is 0 Å². The van der Waals surface area contributed by atoms with E-state index >= 15 is 0 Å². The van der Waals surface area contributed by atoms with E-state index in [9.17, 15) is 22.8 Å². The SMILES string of the molecule is CCNC(=O)CCNC(=O)C(F)(F)F. The van der Waals surface area contributed by atoms with E-state index in [1.54, 1.807) is 12.2 Å². The van der Waals surface area contributed by atoms with Crippen molar-refractivity contribution in [2.45, 2.75) is 19.5 Å². The third kappa shape index (κ3) is 5.39. The first-order valence-corrected chi connectivity index (χ1v) is 3.99. The summed E-state index contributed by atoms with van der Waals surface area (Å²) in [5.74, 6) is -2.42. The Bertz CT molecular complexity index is 215. The first kappa shape index (κ1) is 12.7. The molecule has 0 rings (SSSR count). The summed E-state index contributed by atoms with van der Waals surface area (Å²) in [5, 5.41) is 3.97. The number of amides is 2. The van der Waals surface area contributed by atoms with E-state index in [1.807, 2.05) is 0 Å². The molecule has 0 aromatic heterocycles. The maximum atomic E-state index is 11.6. The van der Waals surface area contributed by atoms with Gasteiger partial charge in [0.1, 0.15) is 0 Å². The summed E-state index contributed by atoms with van der Waals surface area (Å²) in [6.45, 7) is 1.78. The lowest BCUT2D eigenvalue weighted by Gasteiger charge is -2.07. The van der Waals surface area contributed by atoms with E-state index in [0.717, 1.165) is 0 Å². The Labute approximate surface area is 78.8 Å². The van der Waals surface area contributed by atoms with E-state index in [1.165, 1.54) is 0 Å². The molecule has 0 aromatic carbocycles. The summed E-state index contributed by atoms with van der Waals surface area (Å²) in [6.07, 6.45) is -5.04. The van der Waals surface area contributed by atoms with Gasteiger partial charge in [-0.25, -0.2) is 0 Å². The highest BCUT2D eigenvalue weighted by Crippen LogP contribution is 2.13. The van der Waals surface area contributed by atoms with Crippen molar-refractivity contribution < 1.29 is 22.8 Å². The zero-order chi connectivity index (χ0) is 11.2. The van der Waals surface area contributed by atoms with Crippen LogP contribution in [-0.4, -0.2) is 31.1 Å². The molecule has 82 valence electrons. The first-order chi connectivity index (χ1) is 6.38. The third-order valence-corrected chi connectivity index (χ3v) is 1.27. The Kier molecular flexibility index (Phi) is 4.96. The van der Waals surface area contributed by atoms with Crippen molar-refractivity contribution in [2.75, 3.05) is 13.1 Å². The van der Waals surface area contributed by atoms with Gasteiger partial charge in [-0.15, -0.1) is 0 Å². The van der Waals surface area contributed by atoms with Crippen molar-refractivity contribution in [2.24, 2.45) is 0 Å². The highest BCUT2D eigenvalue weighted by molar-refractivity contribution is 5.82. The van der Waals surface area contributed by atoms with Gasteiger partial charge in [-0.2, -0.15) is 13.2 Å². The van der Waals surface area contributed by atoms with Gasteiger partial charge in [-0.05, 0) is 6.92 Å². The zero-order valence-corrected chi connectivity index (χ0v) is 7.57. The fourth-order valence-corrected chi connectivity index (χ4v) is 0.675. The van der Waals surface area contributed by atoms with Crippen molar-refractivity contribution in [3.05, 3.63) is 0 Å². The van der Waals surface area contributed by atoms with Crippen molar-refractivity contribution in [1.82, 2.24) is 10.6 Å². The first-order valence-electron chi connectivity index (χ1n) is 3.99. The molecule has 2 amide bonds. The molecule has 2 N–H and O–H groups in total. The molecule has 0 spiro atoms. The van der Waals surface area contributed by atoms with Gasteiger partial charge < -0.3 is 10.6 Å². The minimum absolute atomic E-state index is 0.157. The molecule has 14 heavy (non-hydrogen) atoms. The second-order valence-corrected chi connectivity index (χ2v) is 2.46. The summed E-state index contributed by atoms with van der Waals surface area (Å²) in [6, 6.07) is 0. The fraction of sp³-hybridized carbons (Fsp3) is 0.714. The molecule has 0 aliphatic heterocycles. The highest BCUT2D eigenvalue weighted by Gasteiger charge is 2.38. The molecule has 0 heterocycles. The number of alkyl halides is 3. The number of hydrogen-bond acceptors (Lipinski definition) is 2. The summed E-state index contributed by atoms with van der Waals surface area (Å²) in [4.78, 5) is 21.0. The van der Waals surface area contributed by atoms with Crippen molar-refractivity contribution in [3.8, 4) is 0 Å². The molecule has 0 saturated heterocycles. The Balaban J connectivity index is 3.65. The lowest BCUT2D eigenvalue weighted by Crippen LogP contribution is -2.38. The minimum Gasteiger partial charge on any atom is -0.356 e. The Morgan fingerprint density at radius 2 is 1.79 bits per heavy atom. The standard InChI is InChI=1S/C7H11F3N2O2/c1-2-11-5(13)3-4-12-6(14)7(8,9)10/h2-4H2,1H3,(H,11,13)(H,12,14). The molecule has 0 saturated carbocycles. The van der Waals surface area contributed by atoms with Gasteiger partial charge in [0.15, 0.2) is 0 Å². The van der Waals surface area contributed by atoms with Gasteiger partial charge in [0.2, 0.25) is 5.91 Å². The van der Waals surface area contributed by atoms with Crippen LogP contribution in [0.3, 0.4) is 0 Å². The van der Waals surface area contributed by atoms with Crippen LogP contribution in [0.5, 0.6) is 0 Å². The van der Waals surface area contributed by atoms with E-state index in [0.29, 0.717) is 6.54 Å². The normalized spacial score (nSPS) is 10.9.